The van der Waals surface area contributed by atoms with Gasteiger partial charge in [-0.1, -0.05) is 91.0 Å². The van der Waals surface area contributed by atoms with Gasteiger partial charge in [0.15, 0.2) is 0 Å². The third-order valence-corrected chi connectivity index (χ3v) is 3.40. The normalized spacial score (nSPS) is 10.1. The van der Waals surface area contributed by atoms with Crippen molar-refractivity contribution in [3.8, 4) is 0 Å². The molecule has 0 N–H and O–H groups in total. The molecule has 0 unspecified atom stereocenters. The van der Waals surface area contributed by atoms with Crippen LogP contribution >= 0.6 is 0 Å². The first kappa shape index (κ1) is 15.1. The van der Waals surface area contributed by atoms with Gasteiger partial charge in [0.25, 0.3) is 0 Å². The minimum absolute atomic E-state index is 0. The van der Waals surface area contributed by atoms with Gasteiger partial charge in [0.2, 0.25) is 0 Å². The van der Waals surface area contributed by atoms with Crippen LogP contribution in [0.1, 0.15) is 22.6 Å². The van der Waals surface area contributed by atoms with Crippen LogP contribution < -0.4 is 0 Å². The molecule has 20 heavy (non-hydrogen) atoms. The molecule has 3 aromatic carbocycles. The van der Waals surface area contributed by atoms with Crippen molar-refractivity contribution in [1.29, 1.82) is 0 Å². The van der Waals surface area contributed by atoms with Crippen LogP contribution in [0.5, 0.6) is 0 Å². The maximum atomic E-state index is 2.20. The SMILES string of the molecule is [Na].c1ccc(C(c2ccccc2)c2ccccc2)cc1. The molecule has 0 aliphatic heterocycles. The Labute approximate surface area is 142 Å². The summed E-state index contributed by atoms with van der Waals surface area (Å²) in [5, 5.41) is 0. The molecule has 0 amide bonds. The number of hydrogen-bond donors (Lipinski definition) is 0. The van der Waals surface area contributed by atoms with Crippen molar-refractivity contribution in [3.05, 3.63) is 108 Å². The zero-order chi connectivity index (χ0) is 12.9. The van der Waals surface area contributed by atoms with Crippen LogP contribution in [0.2, 0.25) is 0 Å². The second kappa shape index (κ2) is 7.44. The van der Waals surface area contributed by atoms with Crippen LogP contribution in [0.3, 0.4) is 0 Å². The van der Waals surface area contributed by atoms with Gasteiger partial charge in [-0.25, -0.2) is 0 Å². The molecule has 3 rings (SSSR count). The first-order valence-corrected chi connectivity index (χ1v) is 6.60. The van der Waals surface area contributed by atoms with Crippen LogP contribution in [-0.4, -0.2) is 29.6 Å². The molecule has 0 bridgehead atoms. The summed E-state index contributed by atoms with van der Waals surface area (Å²) in [7, 11) is 0. The van der Waals surface area contributed by atoms with Crippen LogP contribution in [0.15, 0.2) is 91.0 Å². The average Bonchev–Trinajstić information content (AvgIpc) is 2.51. The Bertz CT molecular complexity index is 524. The van der Waals surface area contributed by atoms with Crippen molar-refractivity contribution in [3.63, 3.8) is 0 Å². The van der Waals surface area contributed by atoms with Crippen molar-refractivity contribution in [1.82, 2.24) is 0 Å². The standard InChI is InChI=1S/C19H16.Na/c1-4-10-16(11-5-1)19(17-12-6-2-7-13-17)18-14-8-3-9-15-18;/h1-15,19H;. The molecule has 0 heterocycles. The topological polar surface area (TPSA) is 0 Å². The zero-order valence-electron chi connectivity index (χ0n) is 11.7. The summed E-state index contributed by atoms with van der Waals surface area (Å²) in [6, 6.07) is 32.0. The van der Waals surface area contributed by atoms with E-state index >= 15 is 0 Å². The summed E-state index contributed by atoms with van der Waals surface area (Å²) in [4.78, 5) is 0. The molecule has 0 spiro atoms. The predicted octanol–water partition coefficient (Wildman–Crippen LogP) is 4.49. The van der Waals surface area contributed by atoms with Crippen LogP contribution in [0.4, 0.5) is 0 Å². The van der Waals surface area contributed by atoms with Crippen molar-refractivity contribution in [2.75, 3.05) is 0 Å². The van der Waals surface area contributed by atoms with Crippen LogP contribution in [-0.2, 0) is 0 Å². The van der Waals surface area contributed by atoms with E-state index in [0.717, 1.165) is 0 Å². The summed E-state index contributed by atoms with van der Waals surface area (Å²) < 4.78 is 0. The van der Waals surface area contributed by atoms with Gasteiger partial charge in [-0.3, -0.25) is 0 Å². The van der Waals surface area contributed by atoms with E-state index in [1.54, 1.807) is 0 Å². The summed E-state index contributed by atoms with van der Waals surface area (Å²) >= 11 is 0. The Morgan fingerprint density at radius 3 is 0.900 bits per heavy atom. The summed E-state index contributed by atoms with van der Waals surface area (Å²) in [6.07, 6.45) is 0. The maximum Gasteiger partial charge on any atom is 0.0339 e. The van der Waals surface area contributed by atoms with Gasteiger partial charge in [0.1, 0.15) is 0 Å². The molecule has 0 nitrogen and oxygen atoms in total. The Morgan fingerprint density at radius 2 is 0.650 bits per heavy atom. The van der Waals surface area contributed by atoms with Crippen molar-refractivity contribution >= 4 is 29.6 Å². The number of hydrogen-bond acceptors (Lipinski definition) is 0. The minimum atomic E-state index is 0. The van der Waals surface area contributed by atoms with E-state index in [2.05, 4.69) is 91.0 Å². The fraction of sp³-hybridized carbons (Fsp3) is 0.0526. The largest absolute Gasteiger partial charge is 0.0622 e. The smallest absolute Gasteiger partial charge is 0.0339 e. The van der Waals surface area contributed by atoms with Gasteiger partial charge in [-0.15, -0.1) is 0 Å². The molecule has 1 heteroatoms. The monoisotopic (exact) mass is 267 g/mol. The first-order valence-electron chi connectivity index (χ1n) is 6.60. The second-order valence-corrected chi connectivity index (χ2v) is 4.67. The third-order valence-electron chi connectivity index (χ3n) is 3.40. The Balaban J connectivity index is 0.00000147. The van der Waals surface area contributed by atoms with Gasteiger partial charge in [0, 0.05) is 35.5 Å². The Morgan fingerprint density at radius 1 is 0.400 bits per heavy atom. The van der Waals surface area contributed by atoms with E-state index in [9.17, 15) is 0 Å². The van der Waals surface area contributed by atoms with Gasteiger partial charge in [-0.2, -0.15) is 0 Å². The Hall–Kier alpha value is -1.34. The van der Waals surface area contributed by atoms with E-state index < -0.39 is 0 Å². The quantitative estimate of drug-likeness (QED) is 0.484. The van der Waals surface area contributed by atoms with Gasteiger partial charge < -0.3 is 0 Å². The molecule has 0 saturated carbocycles. The number of benzene rings is 3. The molecule has 0 aromatic heterocycles. The maximum absolute atomic E-state index is 2.20. The molecular formula is C19H16Na. The predicted molar refractivity (Wildman–Crippen MR) is 86.0 cm³/mol. The van der Waals surface area contributed by atoms with E-state index in [-0.39, 0.29) is 29.6 Å². The zero-order valence-corrected chi connectivity index (χ0v) is 13.7. The van der Waals surface area contributed by atoms with Crippen LogP contribution in [0.25, 0.3) is 0 Å². The third kappa shape index (κ3) is 3.40. The van der Waals surface area contributed by atoms with Crippen LogP contribution in [0, 0.1) is 0 Å². The van der Waals surface area contributed by atoms with Crippen molar-refractivity contribution in [2.45, 2.75) is 5.92 Å². The molecule has 0 aliphatic carbocycles. The molecular weight excluding hydrogens is 251 g/mol. The average molecular weight is 267 g/mol. The molecule has 1 radical (unpaired) electrons. The van der Waals surface area contributed by atoms with Crippen molar-refractivity contribution < 1.29 is 0 Å². The second-order valence-electron chi connectivity index (χ2n) is 4.67. The molecule has 0 atom stereocenters. The molecule has 0 saturated heterocycles. The fourth-order valence-electron chi connectivity index (χ4n) is 2.51. The van der Waals surface area contributed by atoms with E-state index in [0.29, 0.717) is 5.92 Å². The molecule has 0 aliphatic rings. The Kier molecular flexibility index (Phi) is 5.60. The van der Waals surface area contributed by atoms with E-state index in [4.69, 9.17) is 0 Å². The molecule has 3 aromatic rings. The number of rotatable bonds is 3. The molecule has 0 fully saturated rings. The van der Waals surface area contributed by atoms with E-state index in [1.165, 1.54) is 16.7 Å². The molecule has 93 valence electrons. The summed E-state index contributed by atoms with van der Waals surface area (Å²) in [5.74, 6) is 0.309. The van der Waals surface area contributed by atoms with Crippen molar-refractivity contribution in [2.24, 2.45) is 0 Å². The first-order chi connectivity index (χ1) is 9.45. The van der Waals surface area contributed by atoms with Gasteiger partial charge >= 0.3 is 0 Å². The van der Waals surface area contributed by atoms with E-state index in [1.807, 2.05) is 0 Å². The minimum Gasteiger partial charge on any atom is -0.0622 e. The van der Waals surface area contributed by atoms with Gasteiger partial charge in [0.05, 0.1) is 0 Å². The summed E-state index contributed by atoms with van der Waals surface area (Å²) in [5.41, 5.74) is 4.00. The fourth-order valence-corrected chi connectivity index (χ4v) is 2.51. The van der Waals surface area contributed by atoms with Gasteiger partial charge in [-0.05, 0) is 16.7 Å². The summed E-state index contributed by atoms with van der Waals surface area (Å²) in [6.45, 7) is 0.